The van der Waals surface area contributed by atoms with E-state index in [1.807, 2.05) is 58.0 Å². The van der Waals surface area contributed by atoms with E-state index >= 15 is 0 Å². The van der Waals surface area contributed by atoms with Crippen molar-refractivity contribution in [1.82, 2.24) is 15.1 Å². The number of amides is 4. The fourth-order valence-electron chi connectivity index (χ4n) is 4.13. The van der Waals surface area contributed by atoms with Crippen LogP contribution in [0.25, 0.3) is 0 Å². The minimum Gasteiger partial charge on any atom is -0.350 e. The van der Waals surface area contributed by atoms with Crippen molar-refractivity contribution in [1.29, 1.82) is 0 Å². The first-order valence-electron chi connectivity index (χ1n) is 11.7. The van der Waals surface area contributed by atoms with Gasteiger partial charge in [-0.3, -0.25) is 24.1 Å². The number of rotatable bonds is 9. The van der Waals surface area contributed by atoms with Crippen molar-refractivity contribution in [2.24, 2.45) is 0 Å². The third kappa shape index (κ3) is 5.90. The predicted octanol–water partition coefficient (Wildman–Crippen LogP) is 3.78. The van der Waals surface area contributed by atoms with E-state index in [-0.39, 0.29) is 36.6 Å². The average Bonchev–Trinajstić information content (AvgIpc) is 3.03. The highest BCUT2D eigenvalue weighted by Crippen LogP contribution is 2.23. The molecule has 7 nitrogen and oxygen atoms in total. The molecule has 0 aromatic heterocycles. The Balaban J connectivity index is 1.70. The van der Waals surface area contributed by atoms with Crippen LogP contribution < -0.4 is 5.32 Å². The average molecular weight is 464 g/mol. The fourth-order valence-corrected chi connectivity index (χ4v) is 4.13. The highest BCUT2D eigenvalue weighted by atomic mass is 16.2. The second-order valence-electron chi connectivity index (χ2n) is 9.58. The van der Waals surface area contributed by atoms with Crippen molar-refractivity contribution < 1.29 is 19.2 Å². The molecule has 0 saturated heterocycles. The Morgan fingerprint density at radius 3 is 2.03 bits per heavy atom. The van der Waals surface area contributed by atoms with Crippen LogP contribution in [-0.4, -0.2) is 51.6 Å². The fraction of sp³-hybridized carbons (Fsp3) is 0.407. The van der Waals surface area contributed by atoms with Gasteiger partial charge in [0.15, 0.2) is 0 Å². The molecule has 2 aromatic carbocycles. The second kappa shape index (κ2) is 10.6. The van der Waals surface area contributed by atoms with Gasteiger partial charge in [0, 0.05) is 25.0 Å². The summed E-state index contributed by atoms with van der Waals surface area (Å²) in [5.74, 6) is -1.04. The van der Waals surface area contributed by atoms with E-state index in [2.05, 4.69) is 5.32 Å². The lowest BCUT2D eigenvalue weighted by Gasteiger charge is -2.33. The minimum absolute atomic E-state index is 0.125. The molecule has 1 aliphatic rings. The number of nitrogens with one attached hydrogen (secondary N) is 1. The number of carbonyl (C=O) groups excluding carboxylic acids is 4. The second-order valence-corrected chi connectivity index (χ2v) is 9.58. The molecule has 1 heterocycles. The molecule has 0 unspecified atom stereocenters. The monoisotopic (exact) mass is 463 g/mol. The highest BCUT2D eigenvalue weighted by Gasteiger charge is 2.35. The van der Waals surface area contributed by atoms with Crippen LogP contribution in [0.5, 0.6) is 0 Å². The third-order valence-corrected chi connectivity index (χ3v) is 5.73. The molecule has 1 atom stereocenters. The molecule has 0 bridgehead atoms. The molecule has 0 aliphatic carbocycles. The van der Waals surface area contributed by atoms with Gasteiger partial charge in [-0.1, -0.05) is 49.4 Å². The van der Waals surface area contributed by atoms with E-state index in [1.165, 1.54) is 4.90 Å². The zero-order valence-corrected chi connectivity index (χ0v) is 20.3. The Labute approximate surface area is 201 Å². The summed E-state index contributed by atoms with van der Waals surface area (Å²) in [7, 11) is 0. The Bertz CT molecular complexity index is 1020. The summed E-state index contributed by atoms with van der Waals surface area (Å²) in [5.41, 5.74) is 1.30. The zero-order chi connectivity index (χ0) is 24.9. The van der Waals surface area contributed by atoms with Crippen molar-refractivity contribution >= 4 is 23.6 Å². The highest BCUT2D eigenvalue weighted by molar-refractivity contribution is 6.21. The Hall–Kier alpha value is -3.48. The molecule has 0 saturated carbocycles. The van der Waals surface area contributed by atoms with Gasteiger partial charge in [-0.15, -0.1) is 0 Å². The number of benzene rings is 2. The van der Waals surface area contributed by atoms with Crippen LogP contribution in [0.1, 0.15) is 73.2 Å². The van der Waals surface area contributed by atoms with Crippen LogP contribution in [0.3, 0.4) is 0 Å². The number of hydrogen-bond donors (Lipinski definition) is 1. The molecule has 7 heteroatoms. The van der Waals surface area contributed by atoms with Crippen molar-refractivity contribution in [2.75, 3.05) is 6.54 Å². The standard InChI is InChI=1S/C27H33N3O4/c1-5-22(24(32)28-27(2,3)4)30(18-19-12-7-6-8-13-19)23(31)16-11-17-29-25(33)20-14-9-10-15-21(20)26(29)34/h6-10,12-15,22H,5,11,16-18H2,1-4H3,(H,28,32)/t22-/m1/s1. The molecule has 3 rings (SSSR count). The van der Waals surface area contributed by atoms with Gasteiger partial charge in [0.25, 0.3) is 11.8 Å². The molecular formula is C27H33N3O4. The molecule has 34 heavy (non-hydrogen) atoms. The van der Waals surface area contributed by atoms with E-state index in [9.17, 15) is 19.2 Å². The molecule has 0 spiro atoms. The van der Waals surface area contributed by atoms with E-state index < -0.39 is 11.6 Å². The first-order valence-corrected chi connectivity index (χ1v) is 11.7. The van der Waals surface area contributed by atoms with Crippen molar-refractivity contribution in [3.8, 4) is 0 Å². The maximum Gasteiger partial charge on any atom is 0.261 e. The van der Waals surface area contributed by atoms with Crippen molar-refractivity contribution in [2.45, 2.75) is 65.1 Å². The van der Waals surface area contributed by atoms with Crippen LogP contribution >= 0.6 is 0 Å². The van der Waals surface area contributed by atoms with E-state index in [1.54, 1.807) is 29.2 Å². The summed E-state index contributed by atoms with van der Waals surface area (Å²) in [6, 6.07) is 15.7. The van der Waals surface area contributed by atoms with Crippen LogP contribution in [0.4, 0.5) is 0 Å². The topological polar surface area (TPSA) is 86.8 Å². The molecule has 1 N–H and O–H groups in total. The Morgan fingerprint density at radius 2 is 1.50 bits per heavy atom. The molecule has 180 valence electrons. The summed E-state index contributed by atoms with van der Waals surface area (Å²) in [4.78, 5) is 54.3. The summed E-state index contributed by atoms with van der Waals surface area (Å²) in [6.45, 7) is 8.07. The zero-order valence-electron chi connectivity index (χ0n) is 20.3. The van der Waals surface area contributed by atoms with Gasteiger partial charge in [-0.2, -0.15) is 0 Å². The maximum atomic E-state index is 13.3. The number of hydrogen-bond acceptors (Lipinski definition) is 4. The van der Waals surface area contributed by atoms with Crippen LogP contribution in [-0.2, 0) is 16.1 Å². The van der Waals surface area contributed by atoms with Crippen molar-refractivity contribution in [3.05, 3.63) is 71.3 Å². The van der Waals surface area contributed by atoms with Crippen LogP contribution in [0.15, 0.2) is 54.6 Å². The van der Waals surface area contributed by atoms with Gasteiger partial charge in [0.1, 0.15) is 6.04 Å². The lowest BCUT2D eigenvalue weighted by atomic mass is 10.0. The quantitative estimate of drug-likeness (QED) is 0.574. The predicted molar refractivity (Wildman–Crippen MR) is 130 cm³/mol. The number of fused-ring (bicyclic) bond motifs is 1. The van der Waals surface area contributed by atoms with E-state index in [4.69, 9.17) is 0 Å². The number of nitrogens with zero attached hydrogens (tertiary/aromatic N) is 2. The molecule has 1 aliphatic heterocycles. The summed E-state index contributed by atoms with van der Waals surface area (Å²) >= 11 is 0. The van der Waals surface area contributed by atoms with Crippen molar-refractivity contribution in [3.63, 3.8) is 0 Å². The van der Waals surface area contributed by atoms with Crippen LogP contribution in [0.2, 0.25) is 0 Å². The lowest BCUT2D eigenvalue weighted by Crippen LogP contribution is -2.53. The molecule has 2 aromatic rings. The van der Waals surface area contributed by atoms with Crippen LogP contribution in [0, 0.1) is 0 Å². The van der Waals surface area contributed by atoms with E-state index in [0.29, 0.717) is 30.5 Å². The van der Waals surface area contributed by atoms with Gasteiger partial charge >= 0.3 is 0 Å². The number of imide groups is 1. The molecular weight excluding hydrogens is 430 g/mol. The smallest absolute Gasteiger partial charge is 0.261 e. The van der Waals surface area contributed by atoms with Gasteiger partial charge < -0.3 is 10.2 Å². The normalized spacial score (nSPS) is 14.1. The summed E-state index contributed by atoms with van der Waals surface area (Å²) in [6.07, 6.45) is 0.922. The molecule has 0 fully saturated rings. The number of carbonyl (C=O) groups is 4. The third-order valence-electron chi connectivity index (χ3n) is 5.73. The SMILES string of the molecule is CC[C@H](C(=O)NC(C)(C)C)N(Cc1ccccc1)C(=O)CCCN1C(=O)c2ccccc2C1=O. The van der Waals surface area contributed by atoms with E-state index in [0.717, 1.165) is 5.56 Å². The first-order chi connectivity index (χ1) is 16.1. The molecule has 0 radical (unpaired) electrons. The van der Waals surface area contributed by atoms with Gasteiger partial charge in [-0.05, 0) is 51.3 Å². The van der Waals surface area contributed by atoms with Gasteiger partial charge in [-0.25, -0.2) is 0 Å². The summed E-state index contributed by atoms with van der Waals surface area (Å²) < 4.78 is 0. The minimum atomic E-state index is -0.619. The van der Waals surface area contributed by atoms with Gasteiger partial charge in [0.2, 0.25) is 11.8 Å². The lowest BCUT2D eigenvalue weighted by molar-refractivity contribution is -0.142. The maximum absolute atomic E-state index is 13.3. The van der Waals surface area contributed by atoms with Gasteiger partial charge in [0.05, 0.1) is 11.1 Å². The summed E-state index contributed by atoms with van der Waals surface area (Å²) in [5, 5.41) is 2.98. The molecule has 4 amide bonds. The largest absolute Gasteiger partial charge is 0.350 e. The Morgan fingerprint density at radius 1 is 0.941 bits per heavy atom. The Kier molecular flexibility index (Phi) is 7.87. The first kappa shape index (κ1) is 25.1.